The van der Waals surface area contributed by atoms with E-state index in [2.05, 4.69) is 41.4 Å². The second-order valence-corrected chi connectivity index (χ2v) is 4.18. The Bertz CT molecular complexity index is 688. The molecule has 3 aromatic rings. The van der Waals surface area contributed by atoms with Gasteiger partial charge in [0.15, 0.2) is 0 Å². The van der Waals surface area contributed by atoms with Crippen LogP contribution in [0.2, 0.25) is 0 Å². The molecule has 2 aromatic heterocycles. The van der Waals surface area contributed by atoms with E-state index in [-0.39, 0.29) is 32.7 Å². The first kappa shape index (κ1) is 13.4. The van der Waals surface area contributed by atoms with E-state index in [1.807, 2.05) is 23.6 Å². The Kier molecular flexibility index (Phi) is 3.93. The number of hydrogen-bond donors (Lipinski definition) is 0. The van der Waals surface area contributed by atoms with Crippen molar-refractivity contribution >= 4 is 5.65 Å². The van der Waals surface area contributed by atoms with Crippen molar-refractivity contribution in [3.05, 3.63) is 54.0 Å². The van der Waals surface area contributed by atoms with Crippen LogP contribution in [-0.4, -0.2) is 14.6 Å². The maximum Gasteiger partial charge on any atom is 0.0499 e. The minimum atomic E-state index is 0. The molecule has 0 N–H and O–H groups in total. The zero-order chi connectivity index (χ0) is 11.8. The molecule has 87 valence electrons. The second-order valence-electron chi connectivity index (χ2n) is 4.18. The molecule has 0 aliphatic carbocycles. The first-order chi connectivity index (χ1) is 8.25. The molecule has 1 aromatic carbocycles. The van der Waals surface area contributed by atoms with E-state index in [1.165, 1.54) is 5.56 Å². The van der Waals surface area contributed by atoms with Gasteiger partial charge in [-0.2, -0.15) is 0 Å². The Morgan fingerprint density at radius 3 is 2.78 bits per heavy atom. The van der Waals surface area contributed by atoms with Gasteiger partial charge in [0, 0.05) is 50.2 Å². The third-order valence-corrected chi connectivity index (χ3v) is 2.84. The van der Waals surface area contributed by atoms with Gasteiger partial charge in [-0.25, -0.2) is 0 Å². The maximum atomic E-state index is 4.38. The van der Waals surface area contributed by atoms with Crippen molar-refractivity contribution in [2.45, 2.75) is 13.8 Å². The summed E-state index contributed by atoms with van der Waals surface area (Å²) in [6.45, 7) is 4.09. The number of rotatable bonds is 1. The van der Waals surface area contributed by atoms with Crippen LogP contribution < -0.4 is 0 Å². The minimum Gasteiger partial charge on any atom is -0.301 e. The molecule has 3 rings (SSSR count). The van der Waals surface area contributed by atoms with E-state index in [0.717, 1.165) is 22.5 Å². The molecule has 0 atom stereocenters. The molecule has 0 spiro atoms. The van der Waals surface area contributed by atoms with Gasteiger partial charge in [0.1, 0.15) is 0 Å². The number of benzene rings is 1. The van der Waals surface area contributed by atoms with Crippen molar-refractivity contribution < 1.29 is 32.7 Å². The van der Waals surface area contributed by atoms with Gasteiger partial charge >= 0.3 is 0 Å². The topological polar surface area (TPSA) is 30.2 Å². The van der Waals surface area contributed by atoms with Gasteiger partial charge in [-0.3, -0.25) is 9.61 Å². The fourth-order valence-electron chi connectivity index (χ4n) is 1.95. The summed E-state index contributed by atoms with van der Waals surface area (Å²) in [5.41, 5.74) is 5.21. The standard InChI is InChI=1S/C14H12N3.Y/c1-10-4-3-5-12(8-10)13-9-16-17-11(2)6-7-15-14(13)17;/h3-8H,1-2H3;/q-1;. The number of fused-ring (bicyclic) bond motifs is 1. The summed E-state index contributed by atoms with van der Waals surface area (Å²) in [4.78, 5) is 4.38. The van der Waals surface area contributed by atoms with Crippen molar-refractivity contribution in [2.75, 3.05) is 0 Å². The van der Waals surface area contributed by atoms with E-state index < -0.39 is 0 Å². The van der Waals surface area contributed by atoms with Crippen molar-refractivity contribution in [1.82, 2.24) is 14.6 Å². The van der Waals surface area contributed by atoms with Gasteiger partial charge < -0.3 is 4.98 Å². The van der Waals surface area contributed by atoms with Crippen molar-refractivity contribution in [3.8, 4) is 11.1 Å². The summed E-state index contributed by atoms with van der Waals surface area (Å²) < 4.78 is 1.82. The average Bonchev–Trinajstić information content (AvgIpc) is 2.74. The van der Waals surface area contributed by atoms with Crippen LogP contribution in [0.4, 0.5) is 0 Å². The normalized spacial score (nSPS) is 10.3. The fraction of sp³-hybridized carbons (Fsp3) is 0.143. The van der Waals surface area contributed by atoms with Crippen LogP contribution in [0.3, 0.4) is 0 Å². The molecule has 1 radical (unpaired) electrons. The number of hydrogen-bond acceptors (Lipinski definition) is 2. The summed E-state index contributed by atoms with van der Waals surface area (Å²) in [6, 6.07) is 10.2. The molecule has 3 nitrogen and oxygen atoms in total. The third kappa shape index (κ3) is 2.25. The monoisotopic (exact) mass is 311 g/mol. The Balaban J connectivity index is 0.00000120. The quantitative estimate of drug-likeness (QED) is 0.647. The molecular weight excluding hydrogens is 299 g/mol. The molecule has 2 heterocycles. The van der Waals surface area contributed by atoms with Crippen molar-refractivity contribution in [2.24, 2.45) is 0 Å². The molecule has 0 saturated heterocycles. The van der Waals surface area contributed by atoms with Crippen molar-refractivity contribution in [1.29, 1.82) is 0 Å². The Morgan fingerprint density at radius 2 is 2.00 bits per heavy atom. The molecule has 0 aliphatic rings. The van der Waals surface area contributed by atoms with Gasteiger partial charge in [0.2, 0.25) is 0 Å². The summed E-state index contributed by atoms with van der Waals surface area (Å²) >= 11 is 0. The summed E-state index contributed by atoms with van der Waals surface area (Å²) in [5.74, 6) is 0. The van der Waals surface area contributed by atoms with Crippen molar-refractivity contribution in [3.63, 3.8) is 0 Å². The van der Waals surface area contributed by atoms with E-state index in [1.54, 1.807) is 6.20 Å². The minimum absolute atomic E-state index is 0. The van der Waals surface area contributed by atoms with Crippen LogP contribution in [0.25, 0.3) is 16.8 Å². The van der Waals surface area contributed by atoms with Crippen LogP contribution in [0.15, 0.2) is 36.5 Å². The molecule has 0 saturated carbocycles. The number of nitrogens with zero attached hydrogens (tertiary/aromatic N) is 3. The molecule has 0 fully saturated rings. The zero-order valence-corrected chi connectivity index (χ0v) is 13.2. The van der Waals surface area contributed by atoms with E-state index >= 15 is 0 Å². The first-order valence-electron chi connectivity index (χ1n) is 5.55. The van der Waals surface area contributed by atoms with E-state index in [9.17, 15) is 0 Å². The predicted molar refractivity (Wildman–Crippen MR) is 66.7 cm³/mol. The fourth-order valence-corrected chi connectivity index (χ4v) is 1.95. The third-order valence-electron chi connectivity index (χ3n) is 2.84. The number of aryl methyl sites for hydroxylation is 2. The molecule has 18 heavy (non-hydrogen) atoms. The molecule has 0 bridgehead atoms. The zero-order valence-electron chi connectivity index (χ0n) is 10.4. The summed E-state index contributed by atoms with van der Waals surface area (Å²) in [5, 5.41) is 4.25. The molecule has 0 aliphatic heterocycles. The van der Waals surface area contributed by atoms with Gasteiger partial charge in [0.25, 0.3) is 0 Å². The van der Waals surface area contributed by atoms with E-state index in [4.69, 9.17) is 0 Å². The predicted octanol–water partition coefficient (Wildman–Crippen LogP) is 2.81. The van der Waals surface area contributed by atoms with E-state index in [0.29, 0.717) is 0 Å². The molecule has 0 unspecified atom stereocenters. The Morgan fingerprint density at radius 1 is 1.17 bits per heavy atom. The summed E-state index contributed by atoms with van der Waals surface area (Å²) in [7, 11) is 0. The summed E-state index contributed by atoms with van der Waals surface area (Å²) in [6.07, 6.45) is 4.85. The van der Waals surface area contributed by atoms with Crippen LogP contribution in [0.1, 0.15) is 11.3 Å². The second kappa shape index (κ2) is 5.29. The van der Waals surface area contributed by atoms with Gasteiger partial charge in [0.05, 0.1) is 0 Å². The van der Waals surface area contributed by atoms with Crippen LogP contribution in [0.5, 0.6) is 0 Å². The number of aromatic nitrogens is 3. The van der Waals surface area contributed by atoms with Crippen LogP contribution in [-0.2, 0) is 32.7 Å². The Labute approximate surface area is 131 Å². The molecule has 0 amide bonds. The smallest absolute Gasteiger partial charge is 0.0499 e. The molecule has 4 heteroatoms. The van der Waals surface area contributed by atoms with Gasteiger partial charge in [-0.15, -0.1) is 23.3 Å². The first-order valence-corrected chi connectivity index (χ1v) is 5.55. The van der Waals surface area contributed by atoms with Crippen LogP contribution in [0, 0.1) is 20.0 Å². The SMILES string of the molecule is Cc1cccc(-c2[c-]nn3c(C)ccnc23)c1.[Y]. The van der Waals surface area contributed by atoms with Gasteiger partial charge in [-0.05, 0) is 26.1 Å². The van der Waals surface area contributed by atoms with Crippen LogP contribution >= 0.6 is 0 Å². The average molecular weight is 311 g/mol. The van der Waals surface area contributed by atoms with Gasteiger partial charge in [-0.1, -0.05) is 17.7 Å². The Hall–Kier alpha value is -1.06. The molecular formula is C14H12N3Y-. The maximum absolute atomic E-state index is 4.38. The largest absolute Gasteiger partial charge is 0.301 e.